The van der Waals surface area contributed by atoms with Crippen molar-refractivity contribution in [3.05, 3.63) is 23.8 Å². The molecule has 0 N–H and O–H groups in total. The van der Waals surface area contributed by atoms with Gasteiger partial charge in [-0.15, -0.1) is 5.10 Å². The highest BCUT2D eigenvalue weighted by Crippen LogP contribution is 2.39. The van der Waals surface area contributed by atoms with E-state index in [0.717, 1.165) is 54.4 Å². The molecule has 1 saturated carbocycles. The van der Waals surface area contributed by atoms with Crippen LogP contribution in [-0.4, -0.2) is 56.5 Å². The van der Waals surface area contributed by atoms with E-state index in [0.29, 0.717) is 25.0 Å². The van der Waals surface area contributed by atoms with Crippen molar-refractivity contribution in [2.75, 3.05) is 25.5 Å². The number of nitrogens with zero attached hydrogens (tertiary/aromatic N) is 5. The Morgan fingerprint density at radius 1 is 1.19 bits per heavy atom. The SMILES string of the molecule is O=C(CSc1nnnn1C1CC1)N1CCCC1c1ccc2c(c1)OCCO2. The molecule has 0 bridgehead atoms. The molecule has 3 heterocycles. The molecule has 1 amide bonds. The van der Waals surface area contributed by atoms with Crippen molar-refractivity contribution >= 4 is 17.7 Å². The Morgan fingerprint density at radius 3 is 2.89 bits per heavy atom. The van der Waals surface area contributed by atoms with Gasteiger partial charge < -0.3 is 14.4 Å². The maximum Gasteiger partial charge on any atom is 0.233 e. The van der Waals surface area contributed by atoms with Crippen LogP contribution in [0.2, 0.25) is 0 Å². The van der Waals surface area contributed by atoms with Gasteiger partial charge in [-0.3, -0.25) is 4.79 Å². The van der Waals surface area contributed by atoms with E-state index < -0.39 is 0 Å². The first-order chi connectivity index (χ1) is 13.3. The molecular weight excluding hydrogens is 366 g/mol. The van der Waals surface area contributed by atoms with Crippen LogP contribution in [0.4, 0.5) is 0 Å². The largest absolute Gasteiger partial charge is 0.486 e. The Morgan fingerprint density at radius 2 is 2.04 bits per heavy atom. The lowest BCUT2D eigenvalue weighted by Crippen LogP contribution is -2.32. The van der Waals surface area contributed by atoms with Crippen molar-refractivity contribution in [3.8, 4) is 11.5 Å². The topological polar surface area (TPSA) is 82.4 Å². The van der Waals surface area contributed by atoms with Crippen molar-refractivity contribution in [1.82, 2.24) is 25.1 Å². The van der Waals surface area contributed by atoms with Crippen molar-refractivity contribution in [2.45, 2.75) is 42.9 Å². The predicted octanol–water partition coefficient (Wildman–Crippen LogP) is 2.24. The zero-order valence-corrected chi connectivity index (χ0v) is 15.7. The first-order valence-electron chi connectivity index (χ1n) is 9.39. The summed E-state index contributed by atoms with van der Waals surface area (Å²) in [6, 6.07) is 6.52. The Kier molecular flexibility index (Phi) is 4.39. The van der Waals surface area contributed by atoms with Crippen molar-refractivity contribution in [1.29, 1.82) is 0 Å². The minimum absolute atomic E-state index is 0.0911. The molecule has 0 spiro atoms. The summed E-state index contributed by atoms with van der Waals surface area (Å²) in [5.74, 6) is 2.04. The van der Waals surface area contributed by atoms with Crippen LogP contribution in [0.1, 0.15) is 43.3 Å². The molecule has 1 saturated heterocycles. The normalized spacial score (nSPS) is 21.5. The second kappa shape index (κ2) is 7.03. The lowest BCUT2D eigenvalue weighted by Gasteiger charge is -2.26. The molecular formula is C18H21N5O3S. The predicted molar refractivity (Wildman–Crippen MR) is 97.9 cm³/mol. The maximum atomic E-state index is 12.9. The fourth-order valence-corrected chi connectivity index (χ4v) is 4.55. The quantitative estimate of drug-likeness (QED) is 0.728. The van der Waals surface area contributed by atoms with Gasteiger partial charge in [0.05, 0.1) is 17.8 Å². The number of tetrazole rings is 1. The molecule has 5 rings (SSSR count). The van der Waals surface area contributed by atoms with Gasteiger partial charge in [0.2, 0.25) is 11.1 Å². The van der Waals surface area contributed by atoms with Crippen LogP contribution >= 0.6 is 11.8 Å². The highest BCUT2D eigenvalue weighted by atomic mass is 32.2. The van der Waals surface area contributed by atoms with Gasteiger partial charge in [-0.05, 0) is 53.8 Å². The molecule has 3 aliphatic rings. The zero-order chi connectivity index (χ0) is 18.2. The standard InChI is InChI=1S/C18H21N5O3S/c24-17(11-27-18-19-20-21-23(18)13-4-5-13)22-7-1-2-14(22)12-3-6-15-16(10-12)26-9-8-25-15/h3,6,10,13-14H,1-2,4-5,7-9,11H2. The molecule has 9 heteroatoms. The maximum absolute atomic E-state index is 12.9. The van der Waals surface area contributed by atoms with Gasteiger partial charge in [-0.25, -0.2) is 4.68 Å². The summed E-state index contributed by atoms with van der Waals surface area (Å²) in [7, 11) is 0. The molecule has 1 atom stereocenters. The summed E-state index contributed by atoms with van der Waals surface area (Å²) in [4.78, 5) is 14.9. The number of likely N-dealkylation sites (tertiary alicyclic amines) is 1. The van der Waals surface area contributed by atoms with E-state index in [2.05, 4.69) is 15.5 Å². The number of benzene rings is 1. The van der Waals surface area contributed by atoms with E-state index in [1.165, 1.54) is 11.8 Å². The number of carbonyl (C=O) groups excluding carboxylic acids is 1. The van der Waals surface area contributed by atoms with Gasteiger partial charge in [0, 0.05) is 6.54 Å². The molecule has 1 aromatic carbocycles. The Hall–Kier alpha value is -2.29. The van der Waals surface area contributed by atoms with Crippen LogP contribution < -0.4 is 9.47 Å². The van der Waals surface area contributed by atoms with Crippen LogP contribution in [0.5, 0.6) is 11.5 Å². The number of ether oxygens (including phenoxy) is 2. The highest BCUT2D eigenvalue weighted by Gasteiger charge is 2.32. The molecule has 2 aromatic rings. The molecule has 1 aromatic heterocycles. The number of hydrogen-bond acceptors (Lipinski definition) is 7. The fraction of sp³-hybridized carbons (Fsp3) is 0.556. The van der Waals surface area contributed by atoms with Crippen LogP contribution in [0.25, 0.3) is 0 Å². The third-order valence-electron chi connectivity index (χ3n) is 5.20. The number of hydrogen-bond donors (Lipinski definition) is 0. The smallest absolute Gasteiger partial charge is 0.233 e. The molecule has 27 heavy (non-hydrogen) atoms. The Labute approximate surface area is 161 Å². The molecule has 0 radical (unpaired) electrons. The van der Waals surface area contributed by atoms with E-state index in [4.69, 9.17) is 9.47 Å². The first-order valence-corrected chi connectivity index (χ1v) is 10.4. The minimum atomic E-state index is 0.0911. The summed E-state index contributed by atoms with van der Waals surface area (Å²) in [6.07, 6.45) is 4.21. The fourth-order valence-electron chi connectivity index (χ4n) is 3.72. The van der Waals surface area contributed by atoms with Gasteiger partial charge in [0.25, 0.3) is 0 Å². The summed E-state index contributed by atoms with van der Waals surface area (Å²) < 4.78 is 13.1. The van der Waals surface area contributed by atoms with E-state index >= 15 is 0 Å². The lowest BCUT2D eigenvalue weighted by molar-refractivity contribution is -0.129. The number of rotatable bonds is 5. The van der Waals surface area contributed by atoms with Crippen LogP contribution in [0.15, 0.2) is 23.4 Å². The average Bonchev–Trinajstić information content (AvgIpc) is 3.24. The van der Waals surface area contributed by atoms with E-state index in [-0.39, 0.29) is 11.9 Å². The third-order valence-corrected chi connectivity index (χ3v) is 6.12. The molecule has 1 aliphatic carbocycles. The first kappa shape index (κ1) is 16.9. The number of aromatic nitrogens is 4. The average molecular weight is 387 g/mol. The van der Waals surface area contributed by atoms with Crippen LogP contribution in [-0.2, 0) is 4.79 Å². The number of thioether (sulfide) groups is 1. The second-order valence-corrected chi connectivity index (χ2v) is 8.02. The summed E-state index contributed by atoms with van der Waals surface area (Å²) >= 11 is 1.43. The number of carbonyl (C=O) groups is 1. The molecule has 142 valence electrons. The third kappa shape index (κ3) is 3.36. The van der Waals surface area contributed by atoms with Gasteiger partial charge in [-0.2, -0.15) is 0 Å². The number of fused-ring (bicyclic) bond motifs is 1. The van der Waals surface area contributed by atoms with Gasteiger partial charge in [0.1, 0.15) is 13.2 Å². The highest BCUT2D eigenvalue weighted by molar-refractivity contribution is 7.99. The molecule has 1 unspecified atom stereocenters. The summed E-state index contributed by atoms with van der Waals surface area (Å²) in [5.41, 5.74) is 1.11. The lowest BCUT2D eigenvalue weighted by atomic mass is 10.0. The van der Waals surface area contributed by atoms with Crippen molar-refractivity contribution in [2.24, 2.45) is 0 Å². The Balaban J connectivity index is 1.27. The molecule has 2 aliphatic heterocycles. The van der Waals surface area contributed by atoms with Gasteiger partial charge in [0.15, 0.2) is 11.5 Å². The summed E-state index contributed by atoms with van der Waals surface area (Å²) in [6.45, 7) is 1.93. The monoisotopic (exact) mass is 387 g/mol. The van der Waals surface area contributed by atoms with Crippen LogP contribution in [0.3, 0.4) is 0 Å². The zero-order valence-electron chi connectivity index (χ0n) is 14.9. The van der Waals surface area contributed by atoms with E-state index in [9.17, 15) is 4.79 Å². The number of amides is 1. The molecule has 2 fully saturated rings. The van der Waals surface area contributed by atoms with Gasteiger partial charge in [-0.1, -0.05) is 17.8 Å². The minimum Gasteiger partial charge on any atom is -0.486 e. The van der Waals surface area contributed by atoms with E-state index in [1.54, 1.807) is 0 Å². The Bertz CT molecular complexity index is 853. The summed E-state index contributed by atoms with van der Waals surface area (Å²) in [5, 5.41) is 12.6. The van der Waals surface area contributed by atoms with E-state index in [1.807, 2.05) is 27.8 Å². The van der Waals surface area contributed by atoms with Crippen molar-refractivity contribution in [3.63, 3.8) is 0 Å². The van der Waals surface area contributed by atoms with Crippen molar-refractivity contribution < 1.29 is 14.3 Å². The van der Waals surface area contributed by atoms with Crippen LogP contribution in [0, 0.1) is 0 Å². The van der Waals surface area contributed by atoms with Gasteiger partial charge >= 0.3 is 0 Å². The molecule has 8 nitrogen and oxygen atoms in total. The second-order valence-electron chi connectivity index (χ2n) is 7.07.